The van der Waals surface area contributed by atoms with Gasteiger partial charge in [0.15, 0.2) is 0 Å². The van der Waals surface area contributed by atoms with Crippen molar-refractivity contribution in [2.75, 3.05) is 16.8 Å². The van der Waals surface area contributed by atoms with Crippen LogP contribution in [0, 0.1) is 0 Å². The predicted molar refractivity (Wildman–Crippen MR) is 168 cm³/mol. The quantitative estimate of drug-likeness (QED) is 0.192. The highest BCUT2D eigenvalue weighted by Gasteiger charge is 2.29. The Morgan fingerprint density at radius 1 is 1.05 bits per heavy atom. The van der Waals surface area contributed by atoms with Gasteiger partial charge in [0.2, 0.25) is 0 Å². The summed E-state index contributed by atoms with van der Waals surface area (Å²) < 4.78 is 0. The molecule has 3 amide bonds. The van der Waals surface area contributed by atoms with Gasteiger partial charge >= 0.3 is 0 Å². The molecular formula is C33H31N5O3S. The van der Waals surface area contributed by atoms with Gasteiger partial charge in [-0.3, -0.25) is 14.4 Å². The number of rotatable bonds is 8. The van der Waals surface area contributed by atoms with Gasteiger partial charge in [-0.25, -0.2) is 5.01 Å². The SMILES string of the molecule is C=NN(C(=C)C(=O)Nc1ccc(C(=O)N2CCc3cc(C(=O)NC4CC4)sc3-c3ccccc32)cc1)C1=CCCC=C1. The van der Waals surface area contributed by atoms with Crippen molar-refractivity contribution in [1.82, 2.24) is 10.3 Å². The van der Waals surface area contributed by atoms with Crippen LogP contribution in [-0.2, 0) is 11.2 Å². The van der Waals surface area contributed by atoms with E-state index in [1.807, 2.05) is 48.6 Å². The van der Waals surface area contributed by atoms with E-state index < -0.39 is 5.91 Å². The average molecular weight is 578 g/mol. The Morgan fingerprint density at radius 3 is 2.55 bits per heavy atom. The summed E-state index contributed by atoms with van der Waals surface area (Å²) in [5.74, 6) is -0.572. The monoisotopic (exact) mass is 577 g/mol. The van der Waals surface area contributed by atoms with Gasteiger partial charge in [0, 0.05) is 41.0 Å². The Balaban J connectivity index is 1.17. The number of carbonyl (C=O) groups excluding carboxylic acids is 3. The van der Waals surface area contributed by atoms with E-state index >= 15 is 0 Å². The molecule has 0 spiro atoms. The van der Waals surface area contributed by atoms with Gasteiger partial charge in [0.25, 0.3) is 17.7 Å². The number of hydrogen-bond acceptors (Lipinski definition) is 6. The third-order valence-corrected chi connectivity index (χ3v) is 8.71. The largest absolute Gasteiger partial charge is 0.349 e. The molecule has 2 aliphatic carbocycles. The van der Waals surface area contributed by atoms with Crippen LogP contribution < -0.4 is 15.5 Å². The number of carbonyl (C=O) groups is 3. The van der Waals surface area contributed by atoms with E-state index in [9.17, 15) is 14.4 Å². The molecule has 1 aliphatic heterocycles. The third kappa shape index (κ3) is 5.56. The molecule has 3 aromatic rings. The Labute approximate surface area is 248 Å². The molecule has 8 nitrogen and oxygen atoms in total. The minimum atomic E-state index is -0.417. The van der Waals surface area contributed by atoms with E-state index in [4.69, 9.17) is 0 Å². The number of amides is 3. The molecule has 0 saturated heterocycles. The van der Waals surface area contributed by atoms with Gasteiger partial charge in [-0.1, -0.05) is 36.9 Å². The molecule has 0 radical (unpaired) electrons. The topological polar surface area (TPSA) is 94.1 Å². The van der Waals surface area contributed by atoms with Crippen LogP contribution in [0.1, 0.15) is 51.3 Å². The summed E-state index contributed by atoms with van der Waals surface area (Å²) in [7, 11) is 0. The molecule has 6 rings (SSSR count). The van der Waals surface area contributed by atoms with Crippen molar-refractivity contribution in [2.24, 2.45) is 5.10 Å². The smallest absolute Gasteiger partial charge is 0.273 e. The fourth-order valence-electron chi connectivity index (χ4n) is 5.13. The van der Waals surface area contributed by atoms with Gasteiger partial charge < -0.3 is 15.5 Å². The van der Waals surface area contributed by atoms with Crippen LogP contribution in [0.25, 0.3) is 10.4 Å². The van der Waals surface area contributed by atoms with Gasteiger partial charge in [-0.2, -0.15) is 5.10 Å². The number of hydrazone groups is 1. The minimum Gasteiger partial charge on any atom is -0.349 e. The van der Waals surface area contributed by atoms with Gasteiger partial charge in [0.05, 0.1) is 16.3 Å². The maximum atomic E-state index is 13.8. The van der Waals surface area contributed by atoms with Crippen LogP contribution in [0.2, 0.25) is 0 Å². The van der Waals surface area contributed by atoms with E-state index in [-0.39, 0.29) is 17.5 Å². The van der Waals surface area contributed by atoms with Crippen molar-refractivity contribution in [1.29, 1.82) is 0 Å². The molecular weight excluding hydrogens is 546 g/mol. The highest BCUT2D eigenvalue weighted by atomic mass is 32.1. The highest BCUT2D eigenvalue weighted by molar-refractivity contribution is 7.17. The zero-order valence-corrected chi connectivity index (χ0v) is 24.0. The summed E-state index contributed by atoms with van der Waals surface area (Å²) in [5, 5.41) is 11.3. The molecule has 1 saturated carbocycles. The van der Waals surface area contributed by atoms with Crippen molar-refractivity contribution < 1.29 is 14.4 Å². The molecule has 0 unspecified atom stereocenters. The van der Waals surface area contributed by atoms with Crippen LogP contribution in [0.3, 0.4) is 0 Å². The summed E-state index contributed by atoms with van der Waals surface area (Å²) in [6.07, 6.45) is 10.4. The summed E-state index contributed by atoms with van der Waals surface area (Å²) >= 11 is 1.48. The lowest BCUT2D eigenvalue weighted by Crippen LogP contribution is -2.32. The molecule has 3 aliphatic rings. The molecule has 2 aromatic carbocycles. The van der Waals surface area contributed by atoms with Gasteiger partial charge in [-0.05, 0) is 80.1 Å². The number of fused-ring (bicyclic) bond motifs is 3. The first-order valence-corrected chi connectivity index (χ1v) is 14.8. The summed E-state index contributed by atoms with van der Waals surface area (Å²) in [6, 6.07) is 16.9. The minimum absolute atomic E-state index is 0.0203. The number of nitrogens with zero attached hydrogens (tertiary/aromatic N) is 3. The lowest BCUT2D eigenvalue weighted by molar-refractivity contribution is -0.114. The van der Waals surface area contributed by atoms with Gasteiger partial charge in [0.1, 0.15) is 5.70 Å². The lowest BCUT2D eigenvalue weighted by atomic mass is 10.1. The number of thiophene rings is 1. The standard InChI is InChI=1S/C33H31N5O3S/c1-21(38(34-2)26-8-4-3-5-9-26)31(39)35-24-14-12-22(13-15-24)33(41)37-19-18-23-20-29(32(40)36-25-16-17-25)42-30(23)27-10-6-7-11-28(27)37/h4,6-15,20,25H,1-3,5,16-19H2,(H,35,39)(H,36,40). The number of para-hydroxylation sites is 1. The Bertz CT molecular complexity index is 1650. The number of benzene rings is 2. The second-order valence-corrected chi connectivity index (χ2v) is 11.5. The first-order chi connectivity index (χ1) is 20.4. The van der Waals surface area contributed by atoms with Crippen molar-refractivity contribution in [3.05, 3.63) is 107 Å². The molecule has 2 heterocycles. The van der Waals surface area contributed by atoms with Crippen molar-refractivity contribution >= 4 is 47.2 Å². The third-order valence-electron chi connectivity index (χ3n) is 7.50. The van der Waals surface area contributed by atoms with Crippen LogP contribution in [0.15, 0.2) is 95.9 Å². The van der Waals surface area contributed by atoms with Crippen LogP contribution in [-0.4, -0.2) is 42.0 Å². The first-order valence-electron chi connectivity index (χ1n) is 14.0. The van der Waals surface area contributed by atoms with Crippen molar-refractivity contribution in [3.63, 3.8) is 0 Å². The number of allylic oxidation sites excluding steroid dienone is 3. The van der Waals surface area contributed by atoms with E-state index in [1.165, 1.54) is 16.3 Å². The Morgan fingerprint density at radius 2 is 1.83 bits per heavy atom. The molecule has 0 atom stereocenters. The molecule has 9 heteroatoms. The van der Waals surface area contributed by atoms with Crippen LogP contribution >= 0.6 is 11.3 Å². The number of nitrogens with one attached hydrogen (secondary N) is 2. The molecule has 1 fully saturated rings. The molecule has 1 aromatic heterocycles. The average Bonchev–Trinajstić information content (AvgIpc) is 3.76. The predicted octanol–water partition coefficient (Wildman–Crippen LogP) is 6.11. The fourth-order valence-corrected chi connectivity index (χ4v) is 6.28. The first kappa shape index (κ1) is 27.4. The van der Waals surface area contributed by atoms with E-state index in [0.29, 0.717) is 35.1 Å². The van der Waals surface area contributed by atoms with Crippen molar-refractivity contribution in [2.45, 2.75) is 38.1 Å². The summed E-state index contributed by atoms with van der Waals surface area (Å²) in [5.41, 5.74) is 4.76. The zero-order chi connectivity index (χ0) is 29.2. The molecule has 212 valence electrons. The van der Waals surface area contributed by atoms with Gasteiger partial charge in [-0.15, -0.1) is 11.3 Å². The Kier molecular flexibility index (Phi) is 7.58. The van der Waals surface area contributed by atoms with E-state index in [1.54, 1.807) is 29.2 Å². The second kappa shape index (κ2) is 11.6. The lowest BCUT2D eigenvalue weighted by Gasteiger charge is -2.23. The highest BCUT2D eigenvalue weighted by Crippen LogP contribution is 2.42. The number of anilines is 2. The zero-order valence-electron chi connectivity index (χ0n) is 23.1. The van der Waals surface area contributed by atoms with E-state index in [2.05, 4.69) is 29.0 Å². The fraction of sp³-hybridized carbons (Fsp3) is 0.212. The van der Waals surface area contributed by atoms with Crippen LogP contribution in [0.4, 0.5) is 11.4 Å². The van der Waals surface area contributed by atoms with Crippen molar-refractivity contribution in [3.8, 4) is 10.4 Å². The van der Waals surface area contributed by atoms with E-state index in [0.717, 1.165) is 53.1 Å². The normalized spacial score (nSPS) is 15.4. The summed E-state index contributed by atoms with van der Waals surface area (Å²) in [6.45, 7) is 7.96. The molecule has 42 heavy (non-hydrogen) atoms. The number of hydrogen-bond donors (Lipinski definition) is 2. The maximum Gasteiger partial charge on any atom is 0.273 e. The molecule has 0 bridgehead atoms. The summed E-state index contributed by atoms with van der Waals surface area (Å²) in [4.78, 5) is 42.9. The molecule has 2 N–H and O–H groups in total. The Hall–Kier alpha value is -4.76. The second-order valence-electron chi connectivity index (χ2n) is 10.5. The maximum absolute atomic E-state index is 13.8. The van der Waals surface area contributed by atoms with Crippen LogP contribution in [0.5, 0.6) is 0 Å².